The molecule has 4 aromatic rings. The van der Waals surface area contributed by atoms with Gasteiger partial charge in [-0.05, 0) is 76.0 Å². The summed E-state index contributed by atoms with van der Waals surface area (Å²) in [7, 11) is 7.91. The number of hydrogen-bond donors (Lipinski definition) is 0. The summed E-state index contributed by atoms with van der Waals surface area (Å²) in [5.41, 5.74) is 4.89. The highest BCUT2D eigenvalue weighted by Crippen LogP contribution is 2.35. The zero-order valence-electron chi connectivity index (χ0n) is 22.2. The first kappa shape index (κ1) is 24.1. The zero-order valence-corrected chi connectivity index (χ0v) is 22.2. The second-order valence-corrected chi connectivity index (χ2v) is 10.9. The minimum absolute atomic E-state index is 0.0177. The molecule has 0 bridgehead atoms. The van der Waals surface area contributed by atoms with Crippen molar-refractivity contribution in [2.75, 3.05) is 39.2 Å². The molecule has 4 heterocycles. The quantitative estimate of drug-likeness (QED) is 0.409. The van der Waals surface area contributed by atoms with Gasteiger partial charge in [-0.15, -0.1) is 0 Å². The maximum atomic E-state index is 13.4. The van der Waals surface area contributed by atoms with Crippen molar-refractivity contribution >= 4 is 27.8 Å². The number of aromatic nitrogens is 4. The lowest BCUT2D eigenvalue weighted by molar-refractivity contribution is 0.0531. The Hall–Kier alpha value is -3.23. The number of benzene rings is 1. The Morgan fingerprint density at radius 2 is 1.86 bits per heavy atom. The number of imidazole rings is 1. The van der Waals surface area contributed by atoms with Gasteiger partial charge in [0, 0.05) is 56.5 Å². The molecule has 3 aromatic heterocycles. The van der Waals surface area contributed by atoms with Gasteiger partial charge >= 0.3 is 5.69 Å². The van der Waals surface area contributed by atoms with Crippen molar-refractivity contribution in [3.8, 4) is 11.1 Å². The van der Waals surface area contributed by atoms with Gasteiger partial charge in [-0.25, -0.2) is 9.78 Å². The number of fused-ring (bicyclic) bond motifs is 3. The lowest BCUT2D eigenvalue weighted by Gasteiger charge is -2.29. The second-order valence-electron chi connectivity index (χ2n) is 10.9. The SMILES string of the molecule is CO[C@H]1CCC[C@@H](n2c(=O)n(C)c3cnc4ccc(-c5ccc(N6CC[C@@H](N(C)C)C6)nc5)cc4c32)C1. The van der Waals surface area contributed by atoms with E-state index < -0.39 is 0 Å². The Labute approximate surface area is 217 Å². The monoisotopic (exact) mass is 500 g/mol. The number of nitrogens with zero attached hydrogens (tertiary/aromatic N) is 6. The minimum atomic E-state index is 0.0177. The Bertz CT molecular complexity index is 1490. The zero-order chi connectivity index (χ0) is 25.7. The molecule has 8 heteroatoms. The molecular weight excluding hydrogens is 464 g/mol. The van der Waals surface area contributed by atoms with E-state index in [1.807, 2.05) is 24.0 Å². The maximum absolute atomic E-state index is 13.4. The molecule has 1 saturated heterocycles. The second kappa shape index (κ2) is 9.58. The van der Waals surface area contributed by atoms with Crippen molar-refractivity contribution in [3.05, 3.63) is 53.2 Å². The highest BCUT2D eigenvalue weighted by molar-refractivity contribution is 6.04. The van der Waals surface area contributed by atoms with Crippen LogP contribution >= 0.6 is 0 Å². The molecule has 1 saturated carbocycles. The van der Waals surface area contributed by atoms with Crippen molar-refractivity contribution in [1.29, 1.82) is 0 Å². The van der Waals surface area contributed by atoms with Crippen molar-refractivity contribution < 1.29 is 4.74 Å². The van der Waals surface area contributed by atoms with Crippen LogP contribution in [0.1, 0.15) is 38.1 Å². The number of rotatable bonds is 5. The van der Waals surface area contributed by atoms with Crippen molar-refractivity contribution in [1.82, 2.24) is 24.0 Å². The first-order valence-electron chi connectivity index (χ1n) is 13.3. The number of ether oxygens (including phenoxy) is 1. The number of anilines is 1. The standard InChI is InChI=1S/C29H36N6O2/c1-32(2)22-12-13-34(18-22)27-11-9-20(16-31-27)19-8-10-25-24(14-19)28-26(17-30-25)33(3)29(36)35(28)21-6-5-7-23(15-21)37-4/h8-11,14,16-17,21-23H,5-7,12-13,15,18H2,1-4H3/t21-,22-,23+/m1/s1. The largest absolute Gasteiger partial charge is 0.381 e. The molecular formula is C29H36N6O2. The van der Waals surface area contributed by atoms with E-state index in [1.54, 1.807) is 11.7 Å². The van der Waals surface area contributed by atoms with E-state index >= 15 is 0 Å². The molecule has 0 amide bonds. The van der Waals surface area contributed by atoms with Crippen LogP contribution in [0.15, 0.2) is 47.5 Å². The van der Waals surface area contributed by atoms with E-state index in [0.717, 1.165) is 84.1 Å². The summed E-state index contributed by atoms with van der Waals surface area (Å²) in [5, 5.41) is 1.00. The summed E-state index contributed by atoms with van der Waals surface area (Å²) in [6.07, 6.45) is 9.11. The van der Waals surface area contributed by atoms with Crippen LogP contribution in [-0.2, 0) is 11.8 Å². The summed E-state index contributed by atoms with van der Waals surface area (Å²) in [6, 6.07) is 11.3. The number of likely N-dealkylation sites (N-methyl/N-ethyl adjacent to an activating group) is 1. The molecule has 0 N–H and O–H groups in total. The van der Waals surface area contributed by atoms with Gasteiger partial charge in [-0.3, -0.25) is 14.1 Å². The Kier molecular flexibility index (Phi) is 6.24. The topological polar surface area (TPSA) is 68.4 Å². The van der Waals surface area contributed by atoms with Gasteiger partial charge in [0.2, 0.25) is 0 Å². The van der Waals surface area contributed by atoms with Gasteiger partial charge in [0.1, 0.15) is 5.82 Å². The Morgan fingerprint density at radius 1 is 1.03 bits per heavy atom. The maximum Gasteiger partial charge on any atom is 0.329 e. The van der Waals surface area contributed by atoms with E-state index in [2.05, 4.69) is 54.2 Å². The average molecular weight is 501 g/mol. The molecule has 194 valence electrons. The summed E-state index contributed by atoms with van der Waals surface area (Å²) < 4.78 is 9.42. The minimum Gasteiger partial charge on any atom is -0.381 e. The third-order valence-corrected chi connectivity index (χ3v) is 8.51. The molecule has 3 atom stereocenters. The van der Waals surface area contributed by atoms with Gasteiger partial charge in [0.15, 0.2) is 0 Å². The van der Waals surface area contributed by atoms with Crippen LogP contribution < -0.4 is 10.6 Å². The average Bonchev–Trinajstić information content (AvgIpc) is 3.52. The van der Waals surface area contributed by atoms with E-state index in [4.69, 9.17) is 14.7 Å². The fourth-order valence-electron chi connectivity index (χ4n) is 6.23. The number of methoxy groups -OCH3 is 1. The summed E-state index contributed by atoms with van der Waals surface area (Å²) in [5.74, 6) is 1.03. The lowest BCUT2D eigenvalue weighted by atomic mass is 9.92. The van der Waals surface area contributed by atoms with Gasteiger partial charge in [0.05, 0.1) is 28.9 Å². The van der Waals surface area contributed by atoms with Crippen molar-refractivity contribution in [2.45, 2.75) is 50.3 Å². The van der Waals surface area contributed by atoms with Crippen LogP contribution in [0.2, 0.25) is 0 Å². The van der Waals surface area contributed by atoms with Crippen LogP contribution in [0.4, 0.5) is 5.82 Å². The van der Waals surface area contributed by atoms with Crippen LogP contribution in [0.25, 0.3) is 33.1 Å². The van der Waals surface area contributed by atoms with Gasteiger partial charge < -0.3 is 14.5 Å². The lowest BCUT2D eigenvalue weighted by Crippen LogP contribution is -2.31. The summed E-state index contributed by atoms with van der Waals surface area (Å²) in [6.45, 7) is 2.04. The normalized spacial score (nSPS) is 22.5. The summed E-state index contributed by atoms with van der Waals surface area (Å²) in [4.78, 5) is 27.6. The molecule has 2 fully saturated rings. The Morgan fingerprint density at radius 3 is 2.59 bits per heavy atom. The number of hydrogen-bond acceptors (Lipinski definition) is 6. The van der Waals surface area contributed by atoms with Gasteiger partial charge in [-0.1, -0.05) is 6.07 Å². The molecule has 1 aliphatic heterocycles. The summed E-state index contributed by atoms with van der Waals surface area (Å²) >= 11 is 0. The van der Waals surface area contributed by atoms with Gasteiger partial charge in [-0.2, -0.15) is 0 Å². The van der Waals surface area contributed by atoms with E-state index in [1.165, 1.54) is 0 Å². The third kappa shape index (κ3) is 4.22. The van der Waals surface area contributed by atoms with E-state index in [9.17, 15) is 4.79 Å². The fourth-order valence-corrected chi connectivity index (χ4v) is 6.23. The highest BCUT2D eigenvalue weighted by Gasteiger charge is 2.28. The van der Waals surface area contributed by atoms with E-state index in [0.29, 0.717) is 6.04 Å². The molecule has 0 radical (unpaired) electrons. The number of aryl methyl sites for hydroxylation is 1. The molecule has 0 spiro atoms. The highest BCUT2D eigenvalue weighted by atomic mass is 16.5. The first-order valence-corrected chi connectivity index (χ1v) is 13.3. The van der Waals surface area contributed by atoms with Crippen LogP contribution in [0, 0.1) is 0 Å². The molecule has 8 nitrogen and oxygen atoms in total. The van der Waals surface area contributed by atoms with Gasteiger partial charge in [0.25, 0.3) is 0 Å². The predicted octanol–water partition coefficient (Wildman–Crippen LogP) is 4.22. The fraction of sp³-hybridized carbons (Fsp3) is 0.483. The molecule has 2 aliphatic rings. The van der Waals surface area contributed by atoms with Crippen LogP contribution in [-0.4, -0.2) is 70.4 Å². The molecule has 0 unspecified atom stereocenters. The molecule has 6 rings (SSSR count). The number of pyridine rings is 2. The smallest absolute Gasteiger partial charge is 0.329 e. The van der Waals surface area contributed by atoms with Crippen molar-refractivity contribution in [3.63, 3.8) is 0 Å². The molecule has 1 aromatic carbocycles. The first-order chi connectivity index (χ1) is 17.9. The Balaban J connectivity index is 1.40. The van der Waals surface area contributed by atoms with Crippen LogP contribution in [0.3, 0.4) is 0 Å². The predicted molar refractivity (Wildman–Crippen MR) is 148 cm³/mol. The third-order valence-electron chi connectivity index (χ3n) is 8.51. The molecule has 37 heavy (non-hydrogen) atoms. The van der Waals surface area contributed by atoms with E-state index in [-0.39, 0.29) is 17.8 Å². The van der Waals surface area contributed by atoms with Crippen molar-refractivity contribution in [2.24, 2.45) is 7.05 Å². The molecule has 1 aliphatic carbocycles. The van der Waals surface area contributed by atoms with Crippen LogP contribution in [0.5, 0.6) is 0 Å².